The van der Waals surface area contributed by atoms with Crippen LogP contribution in [0.15, 0.2) is 53.5 Å². The lowest BCUT2D eigenvalue weighted by molar-refractivity contribution is 0.240. The van der Waals surface area contributed by atoms with Gasteiger partial charge in [-0.3, -0.25) is 9.69 Å². The fourth-order valence-electron chi connectivity index (χ4n) is 3.70. The van der Waals surface area contributed by atoms with E-state index in [1.54, 1.807) is 0 Å². The Morgan fingerprint density at radius 2 is 2.09 bits per heavy atom. The van der Waals surface area contributed by atoms with Crippen molar-refractivity contribution >= 4 is 10.9 Å². The molecule has 4 rings (SSSR count). The predicted molar refractivity (Wildman–Crippen MR) is 92.4 cm³/mol. The van der Waals surface area contributed by atoms with Gasteiger partial charge in [-0.05, 0) is 49.0 Å². The maximum Gasteiger partial charge on any atom is 0.252 e. The van der Waals surface area contributed by atoms with Gasteiger partial charge >= 0.3 is 0 Å². The third kappa shape index (κ3) is 2.59. The number of nitrogens with one attached hydrogen (secondary N) is 1. The van der Waals surface area contributed by atoms with Crippen LogP contribution in [0.5, 0.6) is 0 Å². The van der Waals surface area contributed by atoms with Crippen molar-refractivity contribution in [2.75, 3.05) is 6.54 Å². The molecule has 0 bridgehead atoms. The Labute approximate surface area is 135 Å². The van der Waals surface area contributed by atoms with Crippen molar-refractivity contribution in [3.63, 3.8) is 0 Å². The highest BCUT2D eigenvalue weighted by Gasteiger charge is 2.28. The summed E-state index contributed by atoms with van der Waals surface area (Å²) in [5.41, 5.74) is 3.12. The average molecular weight is 307 g/mol. The van der Waals surface area contributed by atoms with Crippen LogP contribution in [0, 0.1) is 0 Å². The lowest BCUT2D eigenvalue weighted by atomic mass is 10.1. The van der Waals surface area contributed by atoms with Crippen LogP contribution in [0.1, 0.15) is 30.1 Å². The smallest absolute Gasteiger partial charge is 0.252 e. The van der Waals surface area contributed by atoms with Gasteiger partial charge in [0.05, 0.1) is 6.04 Å². The lowest BCUT2D eigenvalue weighted by Gasteiger charge is -2.25. The Kier molecular flexibility index (Phi) is 3.54. The predicted octanol–water partition coefficient (Wildman–Crippen LogP) is 3.20. The summed E-state index contributed by atoms with van der Waals surface area (Å²) >= 11 is 0. The van der Waals surface area contributed by atoms with Gasteiger partial charge in [-0.15, -0.1) is 0 Å². The van der Waals surface area contributed by atoms with Crippen molar-refractivity contribution in [3.8, 4) is 0 Å². The van der Waals surface area contributed by atoms with Gasteiger partial charge in [-0.25, -0.2) is 0 Å². The molecule has 23 heavy (non-hydrogen) atoms. The fourth-order valence-corrected chi connectivity index (χ4v) is 3.70. The topological polar surface area (TPSA) is 41.0 Å². The maximum absolute atomic E-state index is 12.4. The highest BCUT2D eigenvalue weighted by atomic mass is 16.1. The molecule has 0 aliphatic carbocycles. The van der Waals surface area contributed by atoms with Crippen LogP contribution in [0.2, 0.25) is 0 Å². The van der Waals surface area contributed by atoms with E-state index in [-0.39, 0.29) is 5.56 Å². The van der Waals surface area contributed by atoms with Crippen LogP contribution >= 0.6 is 0 Å². The number of aromatic amines is 1. The highest BCUT2D eigenvalue weighted by molar-refractivity contribution is 5.78. The van der Waals surface area contributed by atoms with Crippen LogP contribution < -0.4 is 5.56 Å². The largest absolute Gasteiger partial charge is 0.353 e. The minimum absolute atomic E-state index is 0.0289. The van der Waals surface area contributed by atoms with E-state index in [0.717, 1.165) is 29.4 Å². The molecule has 1 atom stereocenters. The van der Waals surface area contributed by atoms with Gasteiger partial charge in [0.2, 0.25) is 0 Å². The monoisotopic (exact) mass is 307 g/mol. The van der Waals surface area contributed by atoms with Gasteiger partial charge in [0, 0.05) is 36.6 Å². The molecular weight excluding hydrogens is 286 g/mol. The number of para-hydroxylation sites is 1. The Bertz CT molecular complexity index is 893. The van der Waals surface area contributed by atoms with Gasteiger partial charge in [-0.2, -0.15) is 0 Å². The molecule has 1 saturated heterocycles. The molecule has 4 nitrogen and oxygen atoms in total. The zero-order chi connectivity index (χ0) is 15.8. The minimum Gasteiger partial charge on any atom is -0.353 e. The summed E-state index contributed by atoms with van der Waals surface area (Å²) in [6.45, 7) is 1.75. The quantitative estimate of drug-likeness (QED) is 0.807. The van der Waals surface area contributed by atoms with E-state index in [9.17, 15) is 4.79 Å². The number of rotatable bonds is 3. The molecule has 0 amide bonds. The van der Waals surface area contributed by atoms with Gasteiger partial charge in [-0.1, -0.05) is 18.2 Å². The Morgan fingerprint density at radius 3 is 2.91 bits per heavy atom. The van der Waals surface area contributed by atoms with Gasteiger partial charge in [0.15, 0.2) is 0 Å². The molecule has 2 aromatic heterocycles. The van der Waals surface area contributed by atoms with E-state index in [2.05, 4.69) is 39.8 Å². The van der Waals surface area contributed by atoms with Crippen molar-refractivity contribution in [3.05, 3.63) is 70.3 Å². The van der Waals surface area contributed by atoms with E-state index in [4.69, 9.17) is 0 Å². The van der Waals surface area contributed by atoms with Crippen molar-refractivity contribution < 1.29 is 0 Å². The first-order chi connectivity index (χ1) is 11.2. The Balaban J connectivity index is 1.66. The molecule has 3 aromatic rings. The molecule has 1 N–H and O–H groups in total. The summed E-state index contributed by atoms with van der Waals surface area (Å²) in [4.78, 5) is 17.8. The molecule has 118 valence electrons. The van der Waals surface area contributed by atoms with Crippen molar-refractivity contribution in [2.24, 2.45) is 7.05 Å². The number of benzene rings is 1. The second kappa shape index (κ2) is 5.70. The van der Waals surface area contributed by atoms with Gasteiger partial charge in [0.1, 0.15) is 0 Å². The molecule has 3 heterocycles. The zero-order valence-electron chi connectivity index (χ0n) is 13.3. The fraction of sp³-hybridized carbons (Fsp3) is 0.316. The molecule has 1 aromatic carbocycles. The summed E-state index contributed by atoms with van der Waals surface area (Å²) in [5.74, 6) is 0. The number of H-pyrrole nitrogens is 1. The second-order valence-corrected chi connectivity index (χ2v) is 6.38. The number of aromatic nitrogens is 2. The number of nitrogens with zero attached hydrogens (tertiary/aromatic N) is 2. The number of likely N-dealkylation sites (tertiary alicyclic amines) is 1. The van der Waals surface area contributed by atoms with E-state index >= 15 is 0 Å². The number of aryl methyl sites for hydroxylation is 1. The molecular formula is C19H21N3O. The number of pyridine rings is 1. The average Bonchev–Trinajstić information content (AvgIpc) is 3.16. The third-order valence-electron chi connectivity index (χ3n) is 4.89. The Morgan fingerprint density at radius 1 is 1.22 bits per heavy atom. The molecule has 1 fully saturated rings. The van der Waals surface area contributed by atoms with Crippen LogP contribution in [-0.4, -0.2) is 21.0 Å². The van der Waals surface area contributed by atoms with Crippen molar-refractivity contribution in [2.45, 2.75) is 25.4 Å². The molecule has 0 saturated carbocycles. The van der Waals surface area contributed by atoms with Crippen molar-refractivity contribution in [1.29, 1.82) is 0 Å². The van der Waals surface area contributed by atoms with Gasteiger partial charge in [0.25, 0.3) is 5.56 Å². The number of hydrogen-bond acceptors (Lipinski definition) is 2. The molecule has 0 spiro atoms. The van der Waals surface area contributed by atoms with Crippen LogP contribution in [0.4, 0.5) is 0 Å². The van der Waals surface area contributed by atoms with E-state index in [1.807, 2.05) is 30.3 Å². The molecule has 4 heteroatoms. The summed E-state index contributed by atoms with van der Waals surface area (Å²) < 4.78 is 2.19. The summed E-state index contributed by atoms with van der Waals surface area (Å²) in [6, 6.07) is 14.7. The standard InChI is InChI=1S/C19H21N3O/c1-21-10-4-8-17(21)18-9-5-11-22(18)13-15-12-14-6-2-3-7-16(14)20-19(15)23/h2-4,6-8,10,12,18H,5,9,11,13H2,1H3,(H,20,23). The first kappa shape index (κ1) is 14.3. The first-order valence-electron chi connectivity index (χ1n) is 8.18. The van der Waals surface area contributed by atoms with E-state index in [1.165, 1.54) is 12.1 Å². The third-order valence-corrected chi connectivity index (χ3v) is 4.89. The summed E-state index contributed by atoms with van der Waals surface area (Å²) in [7, 11) is 2.09. The number of hydrogen-bond donors (Lipinski definition) is 1. The van der Waals surface area contributed by atoms with Crippen LogP contribution in [0.25, 0.3) is 10.9 Å². The van der Waals surface area contributed by atoms with Gasteiger partial charge < -0.3 is 9.55 Å². The molecule has 1 aliphatic heterocycles. The van der Waals surface area contributed by atoms with Crippen LogP contribution in [-0.2, 0) is 13.6 Å². The van der Waals surface area contributed by atoms with E-state index < -0.39 is 0 Å². The van der Waals surface area contributed by atoms with Crippen molar-refractivity contribution in [1.82, 2.24) is 14.5 Å². The molecule has 1 aliphatic rings. The lowest BCUT2D eigenvalue weighted by Crippen LogP contribution is -2.27. The Hall–Kier alpha value is -2.33. The zero-order valence-corrected chi connectivity index (χ0v) is 13.3. The first-order valence-corrected chi connectivity index (χ1v) is 8.18. The maximum atomic E-state index is 12.4. The normalized spacial score (nSPS) is 18.7. The number of fused-ring (bicyclic) bond motifs is 1. The summed E-state index contributed by atoms with van der Waals surface area (Å²) in [6.07, 6.45) is 4.43. The minimum atomic E-state index is 0.0289. The second-order valence-electron chi connectivity index (χ2n) is 6.38. The summed E-state index contributed by atoms with van der Waals surface area (Å²) in [5, 5.41) is 1.09. The van der Waals surface area contributed by atoms with E-state index in [0.29, 0.717) is 12.6 Å². The SMILES string of the molecule is Cn1cccc1C1CCCN1Cc1cc2ccccc2[nH]c1=O. The highest BCUT2D eigenvalue weighted by Crippen LogP contribution is 2.32. The molecule has 1 unspecified atom stereocenters. The molecule has 0 radical (unpaired) electrons. The van der Waals surface area contributed by atoms with Crippen LogP contribution in [0.3, 0.4) is 0 Å².